The molecule has 0 aromatic carbocycles. The Balaban J connectivity index is 0.00000144. The zero-order valence-corrected chi connectivity index (χ0v) is 22.2. The first kappa shape index (κ1) is 30.2. The molecule has 0 radical (unpaired) electrons. The number of rotatable bonds is 6. The Morgan fingerprint density at radius 1 is 0.706 bits per heavy atom. The average molecular weight is 561 g/mol. The van der Waals surface area contributed by atoms with Crippen molar-refractivity contribution in [1.29, 1.82) is 0 Å². The number of aliphatic imine (C=N–C) groups is 4. The predicted octanol–water partition coefficient (Wildman–Crippen LogP) is -4.18. The number of fused-ring (bicyclic) bond motifs is 2. The second-order valence-electron chi connectivity index (χ2n) is 7.93. The molecule has 2 atom stereocenters. The van der Waals surface area contributed by atoms with E-state index >= 15 is 0 Å². The van der Waals surface area contributed by atoms with Crippen molar-refractivity contribution in [2.45, 2.75) is 51.6 Å². The maximum absolute atomic E-state index is 4.80. The van der Waals surface area contributed by atoms with Crippen LogP contribution in [0.25, 0.3) is 0 Å². The third-order valence-electron chi connectivity index (χ3n) is 5.54. The van der Waals surface area contributed by atoms with Gasteiger partial charge in [-0.15, -0.1) is 0 Å². The molecule has 4 aliphatic rings. The van der Waals surface area contributed by atoms with E-state index in [1.54, 1.807) is 0 Å². The van der Waals surface area contributed by atoms with Crippen LogP contribution in [0.1, 0.15) is 50.9 Å². The van der Waals surface area contributed by atoms with E-state index in [4.69, 9.17) is 25.0 Å². The smallest absolute Gasteiger partial charge is 1.00 e. The zero-order chi connectivity index (χ0) is 20.5. The molecule has 2 aliphatic carbocycles. The summed E-state index contributed by atoms with van der Waals surface area (Å²) in [4.78, 5) is 23.9. The number of halogens is 3. The van der Waals surface area contributed by atoms with Gasteiger partial charge in [0.05, 0.1) is 11.4 Å². The van der Waals surface area contributed by atoms with Gasteiger partial charge in [0.1, 0.15) is 23.5 Å². The molecule has 5 nitrogen and oxygen atoms in total. The van der Waals surface area contributed by atoms with Crippen molar-refractivity contribution < 1.29 is 54.0 Å². The van der Waals surface area contributed by atoms with Crippen molar-refractivity contribution >= 4 is 23.1 Å². The second-order valence-corrected chi connectivity index (χ2v) is 7.93. The number of pyridine rings is 1. The van der Waals surface area contributed by atoms with Crippen LogP contribution >= 0.6 is 0 Å². The van der Waals surface area contributed by atoms with Crippen LogP contribution in [0.3, 0.4) is 0 Å². The van der Waals surface area contributed by atoms with E-state index in [1.807, 2.05) is 18.2 Å². The Labute approximate surface area is 230 Å². The summed E-state index contributed by atoms with van der Waals surface area (Å²) in [7, 11) is 0. The molecule has 3 heterocycles. The van der Waals surface area contributed by atoms with Crippen molar-refractivity contribution in [3.8, 4) is 0 Å². The van der Waals surface area contributed by atoms with Gasteiger partial charge in [-0.1, -0.05) is 57.1 Å². The maximum Gasteiger partial charge on any atom is 3.00 e. The molecule has 0 fully saturated rings. The molecule has 34 heavy (non-hydrogen) atoms. The quantitative estimate of drug-likeness (QED) is 0.349. The molecule has 1 aromatic rings. The van der Waals surface area contributed by atoms with Crippen molar-refractivity contribution in [2.24, 2.45) is 20.0 Å². The van der Waals surface area contributed by atoms with E-state index in [-0.39, 0.29) is 66.1 Å². The Morgan fingerprint density at radius 3 is 1.56 bits per heavy atom. The normalized spacial score (nSPS) is 21.0. The summed E-state index contributed by atoms with van der Waals surface area (Å²) in [5.74, 6) is 1.37. The van der Waals surface area contributed by atoms with Gasteiger partial charge in [0.2, 0.25) is 0 Å². The Kier molecular flexibility index (Phi) is 11.8. The van der Waals surface area contributed by atoms with Crippen LogP contribution in [0.15, 0.2) is 85.8 Å². The number of hydrogen-bond acceptors (Lipinski definition) is 5. The number of allylic oxidation sites excluding steroid dienone is 4. The van der Waals surface area contributed by atoms with E-state index in [1.165, 1.54) is 11.1 Å². The molecule has 0 spiro atoms. The minimum Gasteiger partial charge on any atom is -1.00 e. The molecule has 2 aliphatic heterocycles. The van der Waals surface area contributed by atoms with Gasteiger partial charge in [-0.05, 0) is 48.3 Å². The van der Waals surface area contributed by atoms with Gasteiger partial charge in [-0.3, -0.25) is 9.98 Å². The van der Waals surface area contributed by atoms with Crippen molar-refractivity contribution in [2.75, 3.05) is 0 Å². The number of nitrogens with zero attached hydrogens (tertiary/aromatic N) is 5. The largest absolute Gasteiger partial charge is 3.00 e. The van der Waals surface area contributed by atoms with Crippen LogP contribution in [0.5, 0.6) is 0 Å². The summed E-state index contributed by atoms with van der Waals surface area (Å²) in [6.45, 7) is 4.38. The van der Waals surface area contributed by atoms with Crippen molar-refractivity contribution in [1.82, 2.24) is 4.98 Å². The van der Waals surface area contributed by atoms with Gasteiger partial charge in [0.15, 0.2) is 11.7 Å². The van der Waals surface area contributed by atoms with Gasteiger partial charge in [-0.25, -0.2) is 15.0 Å². The Hall–Kier alpha value is -1.83. The monoisotopic (exact) mass is 559 g/mol. The first-order chi connectivity index (χ1) is 14.7. The van der Waals surface area contributed by atoms with E-state index < -0.39 is 0 Å². The first-order valence-corrected chi connectivity index (χ1v) is 10.8. The molecule has 5 rings (SSSR count). The molecule has 9 heteroatoms. The second kappa shape index (κ2) is 13.3. The zero-order valence-electron chi connectivity index (χ0n) is 18.9. The fourth-order valence-corrected chi connectivity index (χ4v) is 4.07. The van der Waals surface area contributed by atoms with E-state index in [0.717, 1.165) is 48.5 Å². The topological polar surface area (TPSA) is 62.3 Å². The maximum atomic E-state index is 4.80. The van der Waals surface area contributed by atoms with Crippen molar-refractivity contribution in [3.63, 3.8) is 0 Å². The van der Waals surface area contributed by atoms with Crippen LogP contribution < -0.4 is 37.2 Å². The van der Waals surface area contributed by atoms with Gasteiger partial charge in [0, 0.05) is 0 Å². The molecule has 2 unspecified atom stereocenters. The van der Waals surface area contributed by atoms with Crippen LogP contribution in [0.4, 0.5) is 0 Å². The fourth-order valence-electron chi connectivity index (χ4n) is 4.07. The fraction of sp³-hybridized carbons (Fsp3) is 0.320. The van der Waals surface area contributed by atoms with Gasteiger partial charge in [-0.2, -0.15) is 0 Å². The van der Waals surface area contributed by atoms with Gasteiger partial charge in [0.25, 0.3) is 0 Å². The summed E-state index contributed by atoms with van der Waals surface area (Å²) in [5.41, 5.74) is 6.17. The summed E-state index contributed by atoms with van der Waals surface area (Å²) in [5, 5.41) is 0. The van der Waals surface area contributed by atoms with Crippen LogP contribution in [-0.2, 0) is 16.8 Å². The minimum atomic E-state index is 0. The summed E-state index contributed by atoms with van der Waals surface area (Å²) in [6, 6.07) is 5.91. The number of aromatic nitrogens is 1. The van der Waals surface area contributed by atoms with E-state index in [2.05, 4.69) is 50.3 Å². The molecule has 1 aromatic heterocycles. The van der Waals surface area contributed by atoms with E-state index in [0.29, 0.717) is 11.7 Å². The predicted molar refractivity (Wildman–Crippen MR) is 124 cm³/mol. The molecular formula is C25H25Cl3CoN5. The number of amidine groups is 2. The summed E-state index contributed by atoms with van der Waals surface area (Å²) >= 11 is 0. The molecule has 180 valence electrons. The van der Waals surface area contributed by atoms with E-state index in [9.17, 15) is 0 Å². The molecule has 0 amide bonds. The standard InChI is InChI=1S/C25H25N5.3ClH.Co/c1-3-6-16-10-12-18-22(14-16)29-24(27-18)20-8-5-9-21(26-20)25-28-19-13-11-17(7-4-2)15-23(19)30-25;;;;/h5,8-15,18-19H,3-4,6-7H2,1-2H3;3*1H;/q;;;;+3/p-3. The summed E-state index contributed by atoms with van der Waals surface area (Å²) < 4.78 is 0. The van der Waals surface area contributed by atoms with Gasteiger partial charge >= 0.3 is 16.8 Å². The Morgan fingerprint density at radius 2 is 1.15 bits per heavy atom. The molecule has 0 saturated carbocycles. The van der Waals surface area contributed by atoms with Crippen LogP contribution in [0, 0.1) is 0 Å². The third kappa shape index (κ3) is 6.23. The summed E-state index contributed by atoms with van der Waals surface area (Å²) in [6.07, 6.45) is 17.3. The average Bonchev–Trinajstić information content (AvgIpc) is 3.38. The minimum absolute atomic E-state index is 0. The van der Waals surface area contributed by atoms with Crippen LogP contribution in [-0.4, -0.2) is 40.2 Å². The molecule has 0 bridgehead atoms. The molecular weight excluding hydrogens is 536 g/mol. The van der Waals surface area contributed by atoms with Gasteiger partial charge < -0.3 is 37.2 Å². The van der Waals surface area contributed by atoms with Crippen LogP contribution in [0.2, 0.25) is 0 Å². The first-order valence-electron chi connectivity index (χ1n) is 10.8. The molecule has 0 saturated heterocycles. The number of hydrogen-bond donors (Lipinski definition) is 0. The molecule has 0 N–H and O–H groups in total. The Bertz CT molecular complexity index is 1060. The SMILES string of the molecule is CCCC1=CC2=NC(c3cccc(C4=NC5C=CC(CCC)=CC5=N4)n3)=NC2C=C1.[Cl-].[Cl-].[Cl-].[Co+3]. The van der Waals surface area contributed by atoms with Crippen molar-refractivity contribution in [3.05, 3.63) is 77.2 Å². The third-order valence-corrected chi connectivity index (χ3v) is 5.54.